The van der Waals surface area contributed by atoms with E-state index < -0.39 is 5.91 Å². The maximum atomic E-state index is 11.6. The van der Waals surface area contributed by atoms with Crippen LogP contribution >= 0.6 is 0 Å². The van der Waals surface area contributed by atoms with E-state index in [4.69, 9.17) is 15.3 Å². The number of carbonyl (C=O) groups is 1. The summed E-state index contributed by atoms with van der Waals surface area (Å²) in [5.74, 6) is 5.92. The molecule has 0 spiro atoms. The third-order valence-electron chi connectivity index (χ3n) is 2.82. The van der Waals surface area contributed by atoms with Gasteiger partial charge in [0.05, 0.1) is 11.3 Å². The molecule has 1 amide bonds. The van der Waals surface area contributed by atoms with Gasteiger partial charge in [0, 0.05) is 6.20 Å². The first-order valence-corrected chi connectivity index (χ1v) is 6.49. The average molecular weight is 287 g/mol. The highest BCUT2D eigenvalue weighted by Gasteiger charge is 2.10. The fourth-order valence-corrected chi connectivity index (χ4v) is 1.78. The van der Waals surface area contributed by atoms with Crippen LogP contribution in [0.15, 0.2) is 42.6 Å². The minimum atomic E-state index is -0.394. The molecule has 3 N–H and O–H groups in total. The molecule has 6 nitrogen and oxygen atoms in total. The van der Waals surface area contributed by atoms with Crippen molar-refractivity contribution in [2.75, 3.05) is 13.2 Å². The third-order valence-corrected chi connectivity index (χ3v) is 2.82. The lowest BCUT2D eigenvalue weighted by Gasteiger charge is -2.11. The molecule has 6 heteroatoms. The van der Waals surface area contributed by atoms with Crippen LogP contribution in [-0.4, -0.2) is 24.1 Å². The molecule has 2 rings (SSSR count). The molecule has 0 aliphatic rings. The molecule has 1 heterocycles. The summed E-state index contributed by atoms with van der Waals surface area (Å²) < 4.78 is 11.1. The van der Waals surface area contributed by atoms with Gasteiger partial charge in [0.2, 0.25) is 0 Å². The number of amides is 1. The van der Waals surface area contributed by atoms with Gasteiger partial charge in [-0.2, -0.15) is 0 Å². The van der Waals surface area contributed by atoms with E-state index in [9.17, 15) is 4.79 Å². The first-order chi connectivity index (χ1) is 10.2. The average Bonchev–Trinajstić information content (AvgIpc) is 2.52. The Labute approximate surface area is 122 Å². The Morgan fingerprint density at radius 3 is 2.52 bits per heavy atom. The van der Waals surface area contributed by atoms with Gasteiger partial charge in [-0.05, 0) is 31.2 Å². The number of aryl methyl sites for hydroxylation is 1. The van der Waals surface area contributed by atoms with Gasteiger partial charge < -0.3 is 9.47 Å². The first kappa shape index (κ1) is 14.8. The van der Waals surface area contributed by atoms with Crippen molar-refractivity contribution in [1.29, 1.82) is 0 Å². The SMILES string of the molecule is Cc1ncccc1OCCOc1ccccc1C(=O)NN. The van der Waals surface area contributed by atoms with Crippen molar-refractivity contribution < 1.29 is 14.3 Å². The van der Waals surface area contributed by atoms with Crippen molar-refractivity contribution in [3.05, 3.63) is 53.9 Å². The van der Waals surface area contributed by atoms with Crippen molar-refractivity contribution in [3.8, 4) is 11.5 Å². The molecular formula is C15H17N3O3. The number of para-hydroxylation sites is 1. The summed E-state index contributed by atoms with van der Waals surface area (Å²) in [4.78, 5) is 15.7. The Hall–Kier alpha value is -2.60. The molecule has 0 saturated carbocycles. The van der Waals surface area contributed by atoms with Crippen LogP contribution in [0.3, 0.4) is 0 Å². The van der Waals surface area contributed by atoms with Gasteiger partial charge in [-0.15, -0.1) is 0 Å². The molecule has 110 valence electrons. The van der Waals surface area contributed by atoms with Gasteiger partial charge in [-0.3, -0.25) is 15.2 Å². The molecule has 0 radical (unpaired) electrons. The number of ether oxygens (including phenoxy) is 2. The number of carbonyl (C=O) groups excluding carboxylic acids is 1. The number of nitrogen functional groups attached to an aromatic ring is 1. The topological polar surface area (TPSA) is 86.5 Å². The zero-order chi connectivity index (χ0) is 15.1. The Morgan fingerprint density at radius 1 is 1.14 bits per heavy atom. The number of rotatable bonds is 6. The van der Waals surface area contributed by atoms with E-state index in [2.05, 4.69) is 10.4 Å². The monoisotopic (exact) mass is 287 g/mol. The van der Waals surface area contributed by atoms with E-state index in [1.807, 2.05) is 19.1 Å². The number of nitrogens with two attached hydrogens (primary N) is 1. The summed E-state index contributed by atoms with van der Waals surface area (Å²) >= 11 is 0. The largest absolute Gasteiger partial charge is 0.489 e. The maximum Gasteiger partial charge on any atom is 0.268 e. The Kier molecular flexibility index (Phi) is 5.11. The number of nitrogens with zero attached hydrogens (tertiary/aromatic N) is 1. The zero-order valence-corrected chi connectivity index (χ0v) is 11.7. The van der Waals surface area contributed by atoms with E-state index in [0.717, 1.165) is 5.69 Å². The van der Waals surface area contributed by atoms with E-state index in [-0.39, 0.29) is 0 Å². The molecule has 0 unspecified atom stereocenters. The van der Waals surface area contributed by atoms with Crippen LogP contribution in [0.25, 0.3) is 0 Å². The molecule has 0 aliphatic heterocycles. The van der Waals surface area contributed by atoms with Crippen molar-refractivity contribution in [1.82, 2.24) is 10.4 Å². The van der Waals surface area contributed by atoms with E-state index in [1.165, 1.54) is 0 Å². The Bertz CT molecular complexity index is 617. The van der Waals surface area contributed by atoms with E-state index in [0.29, 0.717) is 30.3 Å². The zero-order valence-electron chi connectivity index (χ0n) is 11.7. The van der Waals surface area contributed by atoms with E-state index in [1.54, 1.807) is 30.5 Å². The van der Waals surface area contributed by atoms with Crippen LogP contribution in [0.1, 0.15) is 16.1 Å². The van der Waals surface area contributed by atoms with Gasteiger partial charge in [0.25, 0.3) is 5.91 Å². The molecule has 1 aromatic carbocycles. The lowest BCUT2D eigenvalue weighted by molar-refractivity contribution is 0.0948. The number of aromatic nitrogens is 1. The Morgan fingerprint density at radius 2 is 1.81 bits per heavy atom. The summed E-state index contributed by atoms with van der Waals surface area (Å²) in [5.41, 5.74) is 3.29. The number of hydrogen-bond acceptors (Lipinski definition) is 5. The molecule has 0 saturated heterocycles. The summed E-state index contributed by atoms with van der Waals surface area (Å²) in [5, 5.41) is 0. The highest BCUT2D eigenvalue weighted by atomic mass is 16.5. The quantitative estimate of drug-likeness (QED) is 0.363. The van der Waals surface area contributed by atoms with Crippen molar-refractivity contribution in [3.63, 3.8) is 0 Å². The van der Waals surface area contributed by atoms with Gasteiger partial charge in [-0.1, -0.05) is 12.1 Å². The fraction of sp³-hybridized carbons (Fsp3) is 0.200. The number of benzene rings is 1. The van der Waals surface area contributed by atoms with Crippen LogP contribution in [0.4, 0.5) is 0 Å². The number of nitrogens with one attached hydrogen (secondary N) is 1. The van der Waals surface area contributed by atoms with Crippen LogP contribution in [0.2, 0.25) is 0 Å². The predicted molar refractivity (Wildman–Crippen MR) is 78.1 cm³/mol. The molecule has 2 aromatic rings. The van der Waals surface area contributed by atoms with Crippen LogP contribution in [-0.2, 0) is 0 Å². The summed E-state index contributed by atoms with van der Waals surface area (Å²) in [6.07, 6.45) is 1.71. The smallest absolute Gasteiger partial charge is 0.268 e. The maximum absolute atomic E-state index is 11.6. The summed E-state index contributed by atoms with van der Waals surface area (Å²) in [6, 6.07) is 10.5. The number of pyridine rings is 1. The molecule has 1 aromatic heterocycles. The standard InChI is InChI=1S/C15H17N3O3/c1-11-13(7-4-8-17-11)20-9-10-21-14-6-3-2-5-12(14)15(19)18-16/h2-8H,9-10,16H2,1H3,(H,18,19). The van der Waals surface area contributed by atoms with Crippen LogP contribution in [0, 0.1) is 6.92 Å². The molecule has 0 aliphatic carbocycles. The highest BCUT2D eigenvalue weighted by Crippen LogP contribution is 2.18. The van der Waals surface area contributed by atoms with Gasteiger partial charge in [0.15, 0.2) is 0 Å². The second-order valence-electron chi connectivity index (χ2n) is 4.25. The number of hydrogen-bond donors (Lipinski definition) is 2. The van der Waals surface area contributed by atoms with Crippen molar-refractivity contribution in [2.45, 2.75) is 6.92 Å². The van der Waals surface area contributed by atoms with Crippen LogP contribution < -0.4 is 20.7 Å². The molecule has 0 fully saturated rings. The Balaban J connectivity index is 1.90. The lowest BCUT2D eigenvalue weighted by Crippen LogP contribution is -2.30. The summed E-state index contributed by atoms with van der Waals surface area (Å²) in [6.45, 7) is 2.53. The first-order valence-electron chi connectivity index (χ1n) is 6.49. The van der Waals surface area contributed by atoms with Gasteiger partial charge in [-0.25, -0.2) is 5.84 Å². The van der Waals surface area contributed by atoms with E-state index >= 15 is 0 Å². The van der Waals surface area contributed by atoms with Crippen molar-refractivity contribution in [2.24, 2.45) is 5.84 Å². The molecule has 21 heavy (non-hydrogen) atoms. The van der Waals surface area contributed by atoms with Gasteiger partial charge >= 0.3 is 0 Å². The fourth-order valence-electron chi connectivity index (χ4n) is 1.78. The van der Waals surface area contributed by atoms with Crippen LogP contribution in [0.5, 0.6) is 11.5 Å². The molecule has 0 bridgehead atoms. The number of hydrazine groups is 1. The minimum Gasteiger partial charge on any atom is -0.489 e. The summed E-state index contributed by atoms with van der Waals surface area (Å²) in [7, 11) is 0. The van der Waals surface area contributed by atoms with Crippen molar-refractivity contribution >= 4 is 5.91 Å². The molecular weight excluding hydrogens is 270 g/mol. The highest BCUT2D eigenvalue weighted by molar-refractivity contribution is 5.96. The minimum absolute atomic E-state index is 0.309. The lowest BCUT2D eigenvalue weighted by atomic mass is 10.2. The normalized spacial score (nSPS) is 10.0. The predicted octanol–water partition coefficient (Wildman–Crippen LogP) is 1.45. The second-order valence-corrected chi connectivity index (χ2v) is 4.25. The molecule has 0 atom stereocenters. The second kappa shape index (κ2) is 7.25. The third kappa shape index (κ3) is 3.93. The van der Waals surface area contributed by atoms with Gasteiger partial charge in [0.1, 0.15) is 24.7 Å².